The Bertz CT molecular complexity index is 1030. The minimum atomic E-state index is -3.91. The van der Waals surface area contributed by atoms with Crippen molar-refractivity contribution in [3.05, 3.63) is 53.4 Å². The molecule has 2 aromatic heterocycles. The Balaban J connectivity index is 2.33. The van der Waals surface area contributed by atoms with Crippen molar-refractivity contribution in [3.63, 3.8) is 0 Å². The first-order valence-corrected chi connectivity index (χ1v) is 8.98. The van der Waals surface area contributed by atoms with Crippen LogP contribution in [-0.4, -0.2) is 35.6 Å². The highest BCUT2D eigenvalue weighted by Crippen LogP contribution is 2.33. The van der Waals surface area contributed by atoms with Crippen LogP contribution in [0.3, 0.4) is 0 Å². The first-order chi connectivity index (χ1) is 11.3. The van der Waals surface area contributed by atoms with Crippen molar-refractivity contribution in [3.8, 4) is 0 Å². The fraction of sp³-hybridized carbons (Fsp3) is 0.0667. The van der Waals surface area contributed by atoms with E-state index in [0.29, 0.717) is 15.4 Å². The molecule has 0 radical (unpaired) electrons. The Hall–Kier alpha value is -2.39. The maximum Gasteiger partial charge on any atom is 0.411 e. The van der Waals surface area contributed by atoms with Crippen LogP contribution >= 0.6 is 15.9 Å². The van der Waals surface area contributed by atoms with E-state index in [1.807, 2.05) is 0 Å². The average molecular weight is 410 g/mol. The number of nitrogens with zero attached hydrogens (tertiary/aromatic N) is 3. The number of hydrogen-bond donors (Lipinski definition) is 1. The first-order valence-electron chi connectivity index (χ1n) is 6.75. The van der Waals surface area contributed by atoms with E-state index in [1.54, 1.807) is 18.2 Å². The van der Waals surface area contributed by atoms with Crippen molar-refractivity contribution in [2.45, 2.75) is 4.90 Å². The number of hydrogen-bond acceptors (Lipinski definition) is 4. The lowest BCUT2D eigenvalue weighted by Crippen LogP contribution is -2.23. The summed E-state index contributed by atoms with van der Waals surface area (Å²) in [6.45, 7) is 0. The summed E-state index contributed by atoms with van der Waals surface area (Å²) < 4.78 is 27.6. The molecule has 0 spiro atoms. The molecule has 0 unspecified atom stereocenters. The molecular formula is C15H12BrN3O4S. The Labute approximate surface area is 146 Å². The molecule has 124 valence electrons. The van der Waals surface area contributed by atoms with Crippen molar-refractivity contribution in [2.75, 3.05) is 11.9 Å². The quantitative estimate of drug-likeness (QED) is 0.716. The van der Waals surface area contributed by atoms with Crippen LogP contribution in [0, 0.1) is 0 Å². The number of pyridine rings is 1. The lowest BCUT2D eigenvalue weighted by molar-refractivity contribution is 0.203. The molecule has 0 aliphatic heterocycles. The average Bonchev–Trinajstić information content (AvgIpc) is 2.94. The van der Waals surface area contributed by atoms with Gasteiger partial charge in [-0.05, 0) is 30.3 Å². The number of aromatic nitrogens is 2. The molecule has 24 heavy (non-hydrogen) atoms. The first kappa shape index (κ1) is 16.5. The number of carbonyl (C=O) groups is 1. The van der Waals surface area contributed by atoms with Crippen molar-refractivity contribution in [2.24, 2.45) is 0 Å². The molecule has 1 N–H and O–H groups in total. The van der Waals surface area contributed by atoms with E-state index in [2.05, 4.69) is 20.9 Å². The highest BCUT2D eigenvalue weighted by atomic mass is 79.9. The highest BCUT2D eigenvalue weighted by molar-refractivity contribution is 9.10. The van der Waals surface area contributed by atoms with E-state index >= 15 is 0 Å². The van der Waals surface area contributed by atoms with E-state index in [9.17, 15) is 18.3 Å². The van der Waals surface area contributed by atoms with E-state index in [0.717, 1.165) is 8.87 Å². The molecule has 7 nitrogen and oxygen atoms in total. The maximum absolute atomic E-state index is 12.9. The number of fused-ring (bicyclic) bond motifs is 1. The summed E-state index contributed by atoms with van der Waals surface area (Å²) in [7, 11) is -2.55. The maximum atomic E-state index is 12.9. The van der Waals surface area contributed by atoms with E-state index < -0.39 is 16.1 Å². The monoisotopic (exact) mass is 409 g/mol. The Morgan fingerprint density at radius 1 is 1.33 bits per heavy atom. The van der Waals surface area contributed by atoms with Crippen LogP contribution in [0.25, 0.3) is 10.9 Å². The van der Waals surface area contributed by atoms with E-state index in [4.69, 9.17) is 0 Å². The van der Waals surface area contributed by atoms with Crippen LogP contribution < -0.4 is 4.90 Å². The second-order valence-electron chi connectivity index (χ2n) is 5.01. The largest absolute Gasteiger partial charge is 0.465 e. The van der Waals surface area contributed by atoms with Gasteiger partial charge in [0.2, 0.25) is 0 Å². The molecule has 1 amide bonds. The van der Waals surface area contributed by atoms with Gasteiger partial charge in [0.1, 0.15) is 4.90 Å². The minimum Gasteiger partial charge on any atom is -0.465 e. The van der Waals surface area contributed by atoms with Gasteiger partial charge >= 0.3 is 6.09 Å². The topological polar surface area (TPSA) is 92.5 Å². The Kier molecular flexibility index (Phi) is 4.06. The van der Waals surface area contributed by atoms with Crippen LogP contribution in [-0.2, 0) is 10.0 Å². The molecule has 0 atom stereocenters. The second kappa shape index (κ2) is 5.91. The Morgan fingerprint density at radius 2 is 2.08 bits per heavy atom. The molecule has 0 fully saturated rings. The fourth-order valence-corrected chi connectivity index (χ4v) is 4.01. The molecule has 3 aromatic rings. The second-order valence-corrected chi connectivity index (χ2v) is 7.74. The van der Waals surface area contributed by atoms with Crippen molar-refractivity contribution >= 4 is 48.6 Å². The summed E-state index contributed by atoms with van der Waals surface area (Å²) in [6, 6.07) is 7.99. The number of rotatable bonds is 3. The van der Waals surface area contributed by atoms with Gasteiger partial charge in [-0.2, -0.15) is 0 Å². The SMILES string of the molecule is CN(C(=O)O)c1cn(S(=O)(=O)c2cccnc2)c2cc(Br)ccc12. The van der Waals surface area contributed by atoms with Gasteiger partial charge in [-0.15, -0.1) is 0 Å². The third-order valence-corrected chi connectivity index (χ3v) is 5.70. The fourth-order valence-electron chi connectivity index (χ4n) is 2.34. The summed E-state index contributed by atoms with van der Waals surface area (Å²) >= 11 is 3.31. The zero-order chi connectivity index (χ0) is 17.5. The third-order valence-electron chi connectivity index (χ3n) is 3.55. The van der Waals surface area contributed by atoms with Gasteiger partial charge in [-0.25, -0.2) is 17.2 Å². The predicted octanol–water partition coefficient (Wildman–Crippen LogP) is 3.15. The van der Waals surface area contributed by atoms with Crippen LogP contribution in [0.4, 0.5) is 10.5 Å². The molecular weight excluding hydrogens is 398 g/mol. The van der Waals surface area contributed by atoms with Gasteiger partial charge in [0.15, 0.2) is 0 Å². The van der Waals surface area contributed by atoms with Crippen molar-refractivity contribution in [1.82, 2.24) is 8.96 Å². The Morgan fingerprint density at radius 3 is 2.71 bits per heavy atom. The summed E-state index contributed by atoms with van der Waals surface area (Å²) in [4.78, 5) is 16.1. The molecule has 0 saturated carbocycles. The van der Waals surface area contributed by atoms with Crippen LogP contribution in [0.5, 0.6) is 0 Å². The summed E-state index contributed by atoms with van der Waals surface area (Å²) in [5.74, 6) is 0. The molecule has 9 heteroatoms. The van der Waals surface area contributed by atoms with E-state index in [1.165, 1.54) is 37.8 Å². The summed E-state index contributed by atoms with van der Waals surface area (Å²) in [5, 5.41) is 9.74. The molecule has 3 rings (SSSR count). The molecule has 0 saturated heterocycles. The standard InChI is InChI=1S/C15H12BrN3O4S/c1-18(15(20)21)14-9-19(13-7-10(16)4-5-12(13)14)24(22,23)11-3-2-6-17-8-11/h2-9H,1H3,(H,20,21). The van der Waals surface area contributed by atoms with Gasteiger partial charge in [-0.1, -0.05) is 15.9 Å². The zero-order valence-corrected chi connectivity index (χ0v) is 14.8. The normalized spacial score (nSPS) is 11.6. The highest BCUT2D eigenvalue weighted by Gasteiger charge is 2.24. The van der Waals surface area contributed by atoms with Gasteiger partial charge < -0.3 is 5.11 Å². The number of carboxylic acid groups (broad SMARTS) is 1. The lowest BCUT2D eigenvalue weighted by atomic mass is 10.2. The van der Waals surface area contributed by atoms with Crippen molar-refractivity contribution in [1.29, 1.82) is 0 Å². The van der Waals surface area contributed by atoms with Gasteiger partial charge in [0.05, 0.1) is 11.2 Å². The summed E-state index contributed by atoms with van der Waals surface area (Å²) in [6.07, 6.45) is 2.84. The van der Waals surface area contributed by atoms with Crippen LogP contribution in [0.15, 0.2) is 58.3 Å². The number of benzene rings is 1. The number of halogens is 1. The summed E-state index contributed by atoms with van der Waals surface area (Å²) in [5.41, 5.74) is 0.647. The number of anilines is 1. The molecule has 0 aliphatic carbocycles. The van der Waals surface area contributed by atoms with Crippen LogP contribution in [0.2, 0.25) is 0 Å². The number of amides is 1. The smallest absolute Gasteiger partial charge is 0.411 e. The van der Waals surface area contributed by atoms with Crippen molar-refractivity contribution < 1.29 is 18.3 Å². The minimum absolute atomic E-state index is 0.0198. The van der Waals surface area contributed by atoms with Gasteiger partial charge in [0, 0.05) is 35.5 Å². The predicted molar refractivity (Wildman–Crippen MR) is 92.9 cm³/mol. The molecule has 1 aromatic carbocycles. The van der Waals surface area contributed by atoms with E-state index in [-0.39, 0.29) is 10.6 Å². The molecule has 0 bridgehead atoms. The molecule has 0 aliphatic rings. The van der Waals surface area contributed by atoms with Gasteiger partial charge in [0.25, 0.3) is 10.0 Å². The lowest BCUT2D eigenvalue weighted by Gasteiger charge is -2.11. The molecule has 2 heterocycles. The van der Waals surface area contributed by atoms with Gasteiger partial charge in [-0.3, -0.25) is 9.88 Å². The van der Waals surface area contributed by atoms with Crippen LogP contribution in [0.1, 0.15) is 0 Å². The zero-order valence-electron chi connectivity index (χ0n) is 12.4. The third kappa shape index (κ3) is 2.65.